The molecule has 2 aromatic rings. The molecule has 0 amide bonds. The van der Waals surface area contributed by atoms with Crippen LogP contribution in [0.5, 0.6) is 0 Å². The van der Waals surface area contributed by atoms with Gasteiger partial charge in [0.05, 0.1) is 11.7 Å². The first kappa shape index (κ1) is 13.2. The van der Waals surface area contributed by atoms with Crippen molar-refractivity contribution in [2.24, 2.45) is 5.92 Å². The summed E-state index contributed by atoms with van der Waals surface area (Å²) in [4.78, 5) is 17.2. The first-order valence-electron chi connectivity index (χ1n) is 6.25. The summed E-state index contributed by atoms with van der Waals surface area (Å²) in [6, 6.07) is 2.30. The molecule has 0 aliphatic rings. The molecule has 18 heavy (non-hydrogen) atoms. The Bertz CT molecular complexity index is 573. The van der Waals surface area contributed by atoms with Crippen LogP contribution in [0.3, 0.4) is 0 Å². The van der Waals surface area contributed by atoms with E-state index in [0.717, 1.165) is 16.8 Å². The number of hydrogen-bond donors (Lipinski definition) is 1. The molecule has 0 fully saturated rings. The van der Waals surface area contributed by atoms with Gasteiger partial charge in [-0.15, -0.1) is 11.3 Å². The lowest BCUT2D eigenvalue weighted by atomic mass is 10.1. The molecule has 2 aromatic heterocycles. The van der Waals surface area contributed by atoms with Crippen LogP contribution in [0.15, 0.2) is 22.6 Å². The van der Waals surface area contributed by atoms with Crippen LogP contribution in [0.1, 0.15) is 20.8 Å². The molecule has 5 heteroatoms. The van der Waals surface area contributed by atoms with Gasteiger partial charge >= 0.3 is 0 Å². The number of thiophene rings is 1. The van der Waals surface area contributed by atoms with Gasteiger partial charge in [-0.3, -0.25) is 9.36 Å². The van der Waals surface area contributed by atoms with Crippen LogP contribution < -0.4 is 10.9 Å². The van der Waals surface area contributed by atoms with Crippen molar-refractivity contribution in [1.82, 2.24) is 14.9 Å². The number of rotatable bonds is 5. The number of nitrogens with one attached hydrogen (secondary N) is 1. The van der Waals surface area contributed by atoms with Crippen LogP contribution >= 0.6 is 11.3 Å². The van der Waals surface area contributed by atoms with E-state index < -0.39 is 0 Å². The molecule has 1 atom stereocenters. The van der Waals surface area contributed by atoms with Crippen LogP contribution in [0.2, 0.25) is 0 Å². The van der Waals surface area contributed by atoms with Crippen molar-refractivity contribution in [3.8, 4) is 0 Å². The van der Waals surface area contributed by atoms with Gasteiger partial charge in [-0.2, -0.15) is 0 Å². The van der Waals surface area contributed by atoms with Crippen molar-refractivity contribution in [2.45, 2.75) is 33.4 Å². The molecule has 1 N–H and O–H groups in total. The third kappa shape index (κ3) is 2.79. The van der Waals surface area contributed by atoms with Gasteiger partial charge in [0.1, 0.15) is 4.83 Å². The van der Waals surface area contributed by atoms with Crippen molar-refractivity contribution in [3.05, 3.63) is 28.1 Å². The second kappa shape index (κ2) is 5.63. The van der Waals surface area contributed by atoms with Gasteiger partial charge in [-0.05, 0) is 24.3 Å². The highest BCUT2D eigenvalue weighted by Crippen LogP contribution is 2.13. The molecule has 2 rings (SSSR count). The highest BCUT2D eigenvalue weighted by atomic mass is 32.1. The van der Waals surface area contributed by atoms with Gasteiger partial charge in [-0.1, -0.05) is 13.8 Å². The average molecular weight is 265 g/mol. The lowest BCUT2D eigenvalue weighted by molar-refractivity contribution is 0.415. The van der Waals surface area contributed by atoms with Gasteiger partial charge in [0.15, 0.2) is 0 Å². The molecular formula is C13H19N3OS. The summed E-state index contributed by atoms with van der Waals surface area (Å²) in [5, 5.41) is 6.04. The van der Waals surface area contributed by atoms with Crippen LogP contribution in [0.25, 0.3) is 10.2 Å². The van der Waals surface area contributed by atoms with Crippen LogP contribution in [-0.4, -0.2) is 22.1 Å². The highest BCUT2D eigenvalue weighted by molar-refractivity contribution is 7.16. The third-order valence-electron chi connectivity index (χ3n) is 3.27. The zero-order valence-corrected chi connectivity index (χ0v) is 11.8. The lowest BCUT2D eigenvalue weighted by Crippen LogP contribution is -2.35. The van der Waals surface area contributed by atoms with E-state index in [1.807, 2.05) is 11.4 Å². The summed E-state index contributed by atoms with van der Waals surface area (Å²) in [5.74, 6) is 0.596. The van der Waals surface area contributed by atoms with E-state index in [2.05, 4.69) is 31.1 Å². The number of aromatic nitrogens is 2. The maximum Gasteiger partial charge on any atom is 0.262 e. The minimum absolute atomic E-state index is 0.0558. The van der Waals surface area contributed by atoms with E-state index in [4.69, 9.17) is 0 Å². The van der Waals surface area contributed by atoms with E-state index in [1.165, 1.54) is 11.3 Å². The first-order chi connectivity index (χ1) is 8.59. The number of fused-ring (bicyclic) bond motifs is 1. The molecule has 0 radical (unpaired) electrons. The predicted octanol–water partition coefficient (Wildman–Crippen LogP) is 2.09. The molecule has 4 nitrogen and oxygen atoms in total. The topological polar surface area (TPSA) is 46.9 Å². The molecular weight excluding hydrogens is 246 g/mol. The number of hydrogen-bond acceptors (Lipinski definition) is 4. The maximum absolute atomic E-state index is 12.1. The van der Waals surface area contributed by atoms with E-state index in [-0.39, 0.29) is 5.56 Å². The van der Waals surface area contributed by atoms with E-state index in [1.54, 1.807) is 10.9 Å². The standard InChI is InChI=1S/C13H19N3OS/c1-9(2)10(3)14-5-6-16-8-15-12-11(13(16)17)4-7-18-12/h4,7-10,14H,5-6H2,1-3H3. The van der Waals surface area contributed by atoms with Crippen molar-refractivity contribution >= 4 is 21.6 Å². The smallest absolute Gasteiger partial charge is 0.262 e. The largest absolute Gasteiger partial charge is 0.312 e. The summed E-state index contributed by atoms with van der Waals surface area (Å²) in [6.45, 7) is 7.98. The van der Waals surface area contributed by atoms with E-state index >= 15 is 0 Å². The molecule has 2 heterocycles. The van der Waals surface area contributed by atoms with Crippen molar-refractivity contribution in [1.29, 1.82) is 0 Å². The second-order valence-corrected chi connectivity index (χ2v) is 5.76. The lowest BCUT2D eigenvalue weighted by Gasteiger charge is -2.17. The van der Waals surface area contributed by atoms with Crippen molar-refractivity contribution in [2.75, 3.05) is 6.54 Å². The summed E-state index contributed by atoms with van der Waals surface area (Å²) in [7, 11) is 0. The van der Waals surface area contributed by atoms with Crippen LogP contribution in [-0.2, 0) is 6.54 Å². The Morgan fingerprint density at radius 1 is 1.44 bits per heavy atom. The summed E-state index contributed by atoms with van der Waals surface area (Å²) in [5.41, 5.74) is 0.0558. The maximum atomic E-state index is 12.1. The second-order valence-electron chi connectivity index (χ2n) is 4.87. The summed E-state index contributed by atoms with van der Waals surface area (Å²) < 4.78 is 1.68. The quantitative estimate of drug-likeness (QED) is 0.900. The Morgan fingerprint density at radius 3 is 2.94 bits per heavy atom. The zero-order chi connectivity index (χ0) is 13.1. The molecule has 0 bridgehead atoms. The minimum atomic E-state index is 0.0558. The molecule has 0 spiro atoms. The number of nitrogens with zero attached hydrogens (tertiary/aromatic N) is 2. The van der Waals surface area contributed by atoms with Gasteiger partial charge < -0.3 is 5.32 Å². The zero-order valence-electron chi connectivity index (χ0n) is 11.0. The SMILES string of the molecule is CC(C)C(C)NCCn1cnc2sccc2c1=O. The van der Waals surface area contributed by atoms with E-state index in [9.17, 15) is 4.79 Å². The van der Waals surface area contributed by atoms with Crippen molar-refractivity contribution in [3.63, 3.8) is 0 Å². The molecule has 0 aliphatic carbocycles. The molecule has 1 unspecified atom stereocenters. The average Bonchev–Trinajstić information content (AvgIpc) is 2.80. The Hall–Kier alpha value is -1.20. The van der Waals surface area contributed by atoms with Gasteiger partial charge in [0.2, 0.25) is 0 Å². The van der Waals surface area contributed by atoms with Gasteiger partial charge in [-0.25, -0.2) is 4.98 Å². The van der Waals surface area contributed by atoms with Gasteiger partial charge in [0, 0.05) is 19.1 Å². The van der Waals surface area contributed by atoms with Crippen LogP contribution in [0.4, 0.5) is 0 Å². The van der Waals surface area contributed by atoms with Gasteiger partial charge in [0.25, 0.3) is 5.56 Å². The monoisotopic (exact) mass is 265 g/mol. The Balaban J connectivity index is 2.04. The minimum Gasteiger partial charge on any atom is -0.312 e. The molecule has 0 saturated heterocycles. The first-order valence-corrected chi connectivity index (χ1v) is 7.13. The van der Waals surface area contributed by atoms with Crippen molar-refractivity contribution < 1.29 is 0 Å². The normalized spacial score (nSPS) is 13.3. The Morgan fingerprint density at radius 2 is 2.22 bits per heavy atom. The molecule has 0 aliphatic heterocycles. The molecule has 0 aromatic carbocycles. The van der Waals surface area contributed by atoms with E-state index in [0.29, 0.717) is 18.5 Å². The third-order valence-corrected chi connectivity index (χ3v) is 4.09. The predicted molar refractivity (Wildman–Crippen MR) is 76.2 cm³/mol. The fourth-order valence-electron chi connectivity index (χ4n) is 1.70. The Kier molecular flexibility index (Phi) is 4.14. The summed E-state index contributed by atoms with van der Waals surface area (Å²) >= 11 is 1.50. The molecule has 0 saturated carbocycles. The summed E-state index contributed by atoms with van der Waals surface area (Å²) in [6.07, 6.45) is 1.64. The van der Waals surface area contributed by atoms with Crippen LogP contribution in [0, 0.1) is 5.92 Å². The highest BCUT2D eigenvalue weighted by Gasteiger charge is 2.07. The molecule has 98 valence electrons. The fraction of sp³-hybridized carbons (Fsp3) is 0.538. The fourth-order valence-corrected chi connectivity index (χ4v) is 2.42. The Labute approximate surface area is 111 Å².